The first-order chi connectivity index (χ1) is 9.74. The summed E-state index contributed by atoms with van der Waals surface area (Å²) in [7, 11) is 0. The Labute approximate surface area is 126 Å². The molecule has 0 aliphatic heterocycles. The summed E-state index contributed by atoms with van der Waals surface area (Å²) < 4.78 is 4.91. The van der Waals surface area contributed by atoms with Crippen molar-refractivity contribution in [1.82, 2.24) is 19.7 Å². The van der Waals surface area contributed by atoms with Gasteiger partial charge in [0.25, 0.3) is 5.91 Å². The van der Waals surface area contributed by atoms with Gasteiger partial charge in [0.1, 0.15) is 5.69 Å². The van der Waals surface area contributed by atoms with Crippen LogP contribution < -0.4 is 5.32 Å². The van der Waals surface area contributed by atoms with E-state index in [0.29, 0.717) is 12.6 Å². The molecular weight excluding hydrogens is 320 g/mol. The van der Waals surface area contributed by atoms with Crippen LogP contribution in [0.15, 0.2) is 35.2 Å². The third-order valence-electron chi connectivity index (χ3n) is 3.40. The highest BCUT2D eigenvalue weighted by atomic mass is 79.9. The lowest BCUT2D eigenvalue weighted by Gasteiger charge is -2.08. The molecule has 20 heavy (non-hydrogen) atoms. The van der Waals surface area contributed by atoms with Crippen molar-refractivity contribution in [2.45, 2.75) is 31.8 Å². The number of rotatable bonds is 6. The van der Waals surface area contributed by atoms with Gasteiger partial charge >= 0.3 is 0 Å². The van der Waals surface area contributed by atoms with Gasteiger partial charge in [0.2, 0.25) is 0 Å². The minimum absolute atomic E-state index is 0.00284. The molecule has 2 aromatic rings. The lowest BCUT2D eigenvalue weighted by Crippen LogP contribution is -2.27. The lowest BCUT2D eigenvalue weighted by molar-refractivity contribution is 0.0943. The van der Waals surface area contributed by atoms with Gasteiger partial charge in [-0.15, -0.1) is 0 Å². The monoisotopic (exact) mass is 336 g/mol. The van der Waals surface area contributed by atoms with Gasteiger partial charge in [-0.25, -0.2) is 0 Å². The topological polar surface area (TPSA) is 51.9 Å². The molecule has 1 aliphatic rings. The van der Waals surface area contributed by atoms with Crippen molar-refractivity contribution in [2.24, 2.45) is 0 Å². The first-order valence-corrected chi connectivity index (χ1v) is 7.66. The van der Waals surface area contributed by atoms with Crippen LogP contribution in [-0.2, 0) is 6.54 Å². The molecule has 0 unspecified atom stereocenters. The second-order valence-electron chi connectivity index (χ2n) is 5.06. The van der Waals surface area contributed by atoms with Crippen molar-refractivity contribution in [3.63, 3.8) is 0 Å². The van der Waals surface area contributed by atoms with Gasteiger partial charge in [-0.1, -0.05) is 0 Å². The molecule has 2 heterocycles. The third-order valence-corrected chi connectivity index (χ3v) is 3.83. The normalized spacial score (nSPS) is 14.4. The molecule has 1 saturated carbocycles. The number of hydrogen-bond donors (Lipinski definition) is 1. The van der Waals surface area contributed by atoms with E-state index in [4.69, 9.17) is 0 Å². The van der Waals surface area contributed by atoms with Crippen LogP contribution in [0.25, 0.3) is 0 Å². The van der Waals surface area contributed by atoms with Gasteiger partial charge in [0.15, 0.2) is 0 Å². The molecule has 6 heteroatoms. The fourth-order valence-corrected chi connectivity index (χ4v) is 2.69. The summed E-state index contributed by atoms with van der Waals surface area (Å²) in [6.45, 7) is 1.48. The number of hydrogen-bond acceptors (Lipinski definition) is 2. The first-order valence-electron chi connectivity index (χ1n) is 6.87. The Hall–Kier alpha value is -1.56. The zero-order valence-electron chi connectivity index (χ0n) is 11.1. The van der Waals surface area contributed by atoms with E-state index in [2.05, 4.69) is 30.9 Å². The van der Waals surface area contributed by atoms with Crippen LogP contribution in [-0.4, -0.2) is 26.8 Å². The summed E-state index contributed by atoms with van der Waals surface area (Å²) >= 11 is 3.44. The first kappa shape index (κ1) is 13.4. The summed E-state index contributed by atoms with van der Waals surface area (Å²) in [6, 6.07) is 4.30. The minimum atomic E-state index is 0.00284. The molecular formula is C14H17BrN4O. The Morgan fingerprint density at radius 3 is 3.05 bits per heavy atom. The van der Waals surface area contributed by atoms with Gasteiger partial charge in [0, 0.05) is 42.2 Å². The van der Waals surface area contributed by atoms with Gasteiger partial charge in [-0.05, 0) is 47.3 Å². The maximum Gasteiger partial charge on any atom is 0.267 e. The van der Waals surface area contributed by atoms with Crippen molar-refractivity contribution in [1.29, 1.82) is 0 Å². The Balaban J connectivity index is 1.51. The highest BCUT2D eigenvalue weighted by Crippen LogP contribution is 2.37. The minimum Gasteiger partial charge on any atom is -0.351 e. The zero-order chi connectivity index (χ0) is 13.9. The average Bonchev–Trinajstić information content (AvgIpc) is 3.00. The van der Waals surface area contributed by atoms with E-state index in [-0.39, 0.29) is 5.91 Å². The molecule has 1 aliphatic carbocycles. The van der Waals surface area contributed by atoms with Crippen LogP contribution in [0.1, 0.15) is 35.8 Å². The molecule has 0 spiro atoms. The number of halogens is 1. The van der Waals surface area contributed by atoms with Crippen LogP contribution >= 0.6 is 15.9 Å². The summed E-state index contributed by atoms with van der Waals surface area (Å²) in [4.78, 5) is 12.2. The maximum atomic E-state index is 12.2. The van der Waals surface area contributed by atoms with E-state index >= 15 is 0 Å². The van der Waals surface area contributed by atoms with E-state index in [1.807, 2.05) is 29.2 Å². The standard InChI is InChI=1S/C14H17BrN4O/c15-11-9-13(19(10-11)12-3-4-12)14(20)16-5-1-7-18-8-2-6-17-18/h2,6,8-10,12H,1,3-5,7H2,(H,16,20). The van der Waals surface area contributed by atoms with Crippen molar-refractivity contribution in [2.75, 3.05) is 6.54 Å². The highest BCUT2D eigenvalue weighted by molar-refractivity contribution is 9.10. The molecule has 0 radical (unpaired) electrons. The number of nitrogens with zero attached hydrogens (tertiary/aromatic N) is 3. The molecule has 1 amide bonds. The smallest absolute Gasteiger partial charge is 0.267 e. The number of aromatic nitrogens is 3. The van der Waals surface area contributed by atoms with E-state index in [1.54, 1.807) is 6.20 Å². The number of amides is 1. The van der Waals surface area contributed by atoms with Crippen LogP contribution in [0, 0.1) is 0 Å². The van der Waals surface area contributed by atoms with Crippen molar-refractivity contribution in [3.8, 4) is 0 Å². The predicted molar refractivity (Wildman–Crippen MR) is 79.6 cm³/mol. The van der Waals surface area contributed by atoms with Gasteiger partial charge in [-0.3, -0.25) is 9.48 Å². The summed E-state index contributed by atoms with van der Waals surface area (Å²) in [5, 5.41) is 7.11. The van der Waals surface area contributed by atoms with Crippen LogP contribution in [0.5, 0.6) is 0 Å². The van der Waals surface area contributed by atoms with Crippen molar-refractivity contribution >= 4 is 21.8 Å². The second-order valence-corrected chi connectivity index (χ2v) is 5.98. The van der Waals surface area contributed by atoms with Gasteiger partial charge in [0.05, 0.1) is 0 Å². The largest absolute Gasteiger partial charge is 0.351 e. The van der Waals surface area contributed by atoms with Crippen LogP contribution in [0.4, 0.5) is 0 Å². The Bertz CT molecular complexity index is 586. The molecule has 0 atom stereocenters. The molecule has 0 saturated heterocycles. The molecule has 3 rings (SSSR count). The maximum absolute atomic E-state index is 12.2. The highest BCUT2D eigenvalue weighted by Gasteiger charge is 2.27. The second kappa shape index (κ2) is 5.83. The third kappa shape index (κ3) is 3.12. The molecule has 1 N–H and O–H groups in total. The van der Waals surface area contributed by atoms with Crippen LogP contribution in [0.3, 0.4) is 0 Å². The Morgan fingerprint density at radius 1 is 1.50 bits per heavy atom. The molecule has 5 nitrogen and oxygen atoms in total. The van der Waals surface area contributed by atoms with E-state index in [1.165, 1.54) is 12.8 Å². The fourth-order valence-electron chi connectivity index (χ4n) is 2.25. The summed E-state index contributed by atoms with van der Waals surface area (Å²) in [6.07, 6.45) is 8.90. The molecule has 1 fully saturated rings. The van der Waals surface area contributed by atoms with E-state index in [0.717, 1.165) is 23.1 Å². The van der Waals surface area contributed by atoms with E-state index in [9.17, 15) is 4.79 Å². The lowest BCUT2D eigenvalue weighted by atomic mass is 10.3. The number of carbonyl (C=O) groups is 1. The summed E-state index contributed by atoms with van der Waals surface area (Å²) in [5.74, 6) is 0.00284. The quantitative estimate of drug-likeness (QED) is 0.824. The molecule has 106 valence electrons. The SMILES string of the molecule is O=C(NCCCn1cccn1)c1cc(Br)cn1C1CC1. The Kier molecular flexibility index (Phi) is 3.91. The molecule has 0 bridgehead atoms. The summed E-state index contributed by atoms with van der Waals surface area (Å²) in [5.41, 5.74) is 0.749. The van der Waals surface area contributed by atoms with Crippen molar-refractivity contribution in [3.05, 3.63) is 40.9 Å². The van der Waals surface area contributed by atoms with Gasteiger partial charge in [-0.2, -0.15) is 5.10 Å². The van der Waals surface area contributed by atoms with Gasteiger partial charge < -0.3 is 9.88 Å². The Morgan fingerprint density at radius 2 is 2.35 bits per heavy atom. The average molecular weight is 337 g/mol. The van der Waals surface area contributed by atoms with E-state index < -0.39 is 0 Å². The molecule has 2 aromatic heterocycles. The number of aryl methyl sites for hydroxylation is 1. The number of nitrogens with one attached hydrogen (secondary N) is 1. The van der Waals surface area contributed by atoms with Crippen molar-refractivity contribution < 1.29 is 4.79 Å². The zero-order valence-corrected chi connectivity index (χ0v) is 12.7. The number of carbonyl (C=O) groups excluding carboxylic acids is 1. The predicted octanol–water partition coefficient (Wildman–Crippen LogP) is 2.60. The fraction of sp³-hybridized carbons (Fsp3) is 0.429. The molecule has 0 aromatic carbocycles. The van der Waals surface area contributed by atoms with Crippen LogP contribution in [0.2, 0.25) is 0 Å².